The third-order valence-electron chi connectivity index (χ3n) is 5.72. The number of aryl methyl sites for hydroxylation is 2. The quantitative estimate of drug-likeness (QED) is 0.752. The first kappa shape index (κ1) is 15.2. The average molecular weight is 304 g/mol. The molecule has 2 atom stereocenters. The molecule has 0 bridgehead atoms. The van der Waals surface area contributed by atoms with Crippen LogP contribution < -0.4 is 0 Å². The molecule has 0 amide bonds. The zero-order valence-electron chi connectivity index (χ0n) is 14.2. The number of nitrogens with zero attached hydrogens (tertiary/aromatic N) is 1. The van der Waals surface area contributed by atoms with E-state index in [0.29, 0.717) is 16.9 Å². The second-order valence-electron chi connectivity index (χ2n) is 8.37. The lowest BCUT2D eigenvalue weighted by atomic mass is 10.1. The lowest BCUT2D eigenvalue weighted by Crippen LogP contribution is -2.41. The molecule has 2 aliphatic rings. The van der Waals surface area contributed by atoms with Crippen molar-refractivity contribution in [3.05, 3.63) is 29.1 Å². The smallest absolute Gasteiger partial charge is 0.191 e. The van der Waals surface area contributed by atoms with Crippen molar-refractivity contribution in [2.75, 3.05) is 6.61 Å². The van der Waals surface area contributed by atoms with Gasteiger partial charge in [0.25, 0.3) is 0 Å². The van der Waals surface area contributed by atoms with E-state index in [-0.39, 0.29) is 0 Å². The van der Waals surface area contributed by atoms with Gasteiger partial charge in [-0.25, -0.2) is 0 Å². The van der Waals surface area contributed by atoms with Crippen molar-refractivity contribution in [2.24, 2.45) is 5.92 Å². The minimum Gasteiger partial charge on any atom is -0.417 e. The van der Waals surface area contributed by atoms with Crippen LogP contribution in [-0.4, -0.2) is 19.9 Å². The maximum absolute atomic E-state index is 6.37. The van der Waals surface area contributed by atoms with E-state index < -0.39 is 8.32 Å². The van der Waals surface area contributed by atoms with Crippen molar-refractivity contribution < 1.29 is 4.43 Å². The molecule has 21 heavy (non-hydrogen) atoms. The van der Waals surface area contributed by atoms with Crippen LogP contribution in [0.1, 0.15) is 56.5 Å². The van der Waals surface area contributed by atoms with Crippen LogP contribution in [0, 0.1) is 5.92 Å². The zero-order valence-corrected chi connectivity index (χ0v) is 15.2. The Labute approximate surface area is 130 Å². The van der Waals surface area contributed by atoms with Crippen molar-refractivity contribution in [2.45, 2.75) is 70.5 Å². The fourth-order valence-corrected chi connectivity index (χ4v) is 4.03. The summed E-state index contributed by atoms with van der Waals surface area (Å²) in [6.45, 7) is 12.6. The van der Waals surface area contributed by atoms with Crippen LogP contribution in [0.5, 0.6) is 0 Å². The molecule has 0 radical (unpaired) electrons. The van der Waals surface area contributed by atoms with E-state index in [9.17, 15) is 0 Å². The standard InChI is InChI=1S/C18H29NOSi/c1-18(2,3)21(4,5)20-12-14-11-15(14)17-10-9-13-7-6-8-16(13)19-17/h9-10,14-15H,6-8,11-12H2,1-5H3. The minimum absolute atomic E-state index is 0.309. The highest BCUT2D eigenvalue weighted by Crippen LogP contribution is 2.48. The molecule has 2 unspecified atom stereocenters. The normalized spacial score (nSPS) is 25.0. The van der Waals surface area contributed by atoms with Crippen molar-refractivity contribution in [3.8, 4) is 0 Å². The molecule has 0 spiro atoms. The van der Waals surface area contributed by atoms with Gasteiger partial charge in [-0.3, -0.25) is 4.98 Å². The van der Waals surface area contributed by atoms with E-state index >= 15 is 0 Å². The van der Waals surface area contributed by atoms with E-state index in [1.54, 1.807) is 0 Å². The van der Waals surface area contributed by atoms with E-state index in [4.69, 9.17) is 9.41 Å². The van der Waals surface area contributed by atoms with Crippen LogP contribution >= 0.6 is 0 Å². The van der Waals surface area contributed by atoms with Gasteiger partial charge in [0.1, 0.15) is 0 Å². The molecule has 116 valence electrons. The van der Waals surface area contributed by atoms with Gasteiger partial charge < -0.3 is 4.43 Å². The summed E-state index contributed by atoms with van der Waals surface area (Å²) >= 11 is 0. The molecular weight excluding hydrogens is 274 g/mol. The second-order valence-corrected chi connectivity index (χ2v) is 13.2. The van der Waals surface area contributed by atoms with Crippen LogP contribution in [0.2, 0.25) is 18.1 Å². The minimum atomic E-state index is -1.60. The molecule has 0 aliphatic heterocycles. The highest BCUT2D eigenvalue weighted by atomic mass is 28.4. The number of pyridine rings is 1. The number of hydrogen-bond donors (Lipinski definition) is 0. The van der Waals surface area contributed by atoms with Gasteiger partial charge in [0, 0.05) is 23.9 Å². The molecule has 1 saturated carbocycles. The van der Waals surface area contributed by atoms with Crippen LogP contribution in [0.15, 0.2) is 12.1 Å². The third kappa shape index (κ3) is 3.09. The summed E-state index contributed by atoms with van der Waals surface area (Å²) in [7, 11) is -1.60. The summed E-state index contributed by atoms with van der Waals surface area (Å²) in [6.07, 6.45) is 4.96. The Morgan fingerprint density at radius 1 is 1.24 bits per heavy atom. The predicted molar refractivity (Wildman–Crippen MR) is 90.3 cm³/mol. The lowest BCUT2D eigenvalue weighted by molar-refractivity contribution is 0.269. The Balaban J connectivity index is 1.58. The predicted octanol–water partition coefficient (Wildman–Crippen LogP) is 4.70. The second kappa shape index (κ2) is 5.20. The van der Waals surface area contributed by atoms with Crippen molar-refractivity contribution in [1.82, 2.24) is 4.98 Å². The average Bonchev–Trinajstić information content (AvgIpc) is 3.02. The van der Waals surface area contributed by atoms with E-state index in [1.807, 2.05) is 0 Å². The third-order valence-corrected chi connectivity index (χ3v) is 10.2. The largest absolute Gasteiger partial charge is 0.417 e. The first-order valence-corrected chi connectivity index (χ1v) is 11.3. The fourth-order valence-electron chi connectivity index (χ4n) is 2.97. The monoisotopic (exact) mass is 303 g/mol. The number of aromatic nitrogens is 1. The molecule has 1 aromatic heterocycles. The van der Waals surface area contributed by atoms with E-state index in [1.165, 1.54) is 42.6 Å². The van der Waals surface area contributed by atoms with Gasteiger partial charge in [0.05, 0.1) is 0 Å². The van der Waals surface area contributed by atoms with Gasteiger partial charge in [-0.1, -0.05) is 26.8 Å². The van der Waals surface area contributed by atoms with Gasteiger partial charge >= 0.3 is 0 Å². The van der Waals surface area contributed by atoms with E-state index in [2.05, 4.69) is 46.0 Å². The van der Waals surface area contributed by atoms with Crippen LogP contribution in [-0.2, 0) is 17.3 Å². The molecule has 0 aromatic carbocycles. The first-order valence-electron chi connectivity index (χ1n) is 8.40. The van der Waals surface area contributed by atoms with Gasteiger partial charge in [-0.15, -0.1) is 0 Å². The maximum Gasteiger partial charge on any atom is 0.191 e. The van der Waals surface area contributed by atoms with Crippen molar-refractivity contribution in [3.63, 3.8) is 0 Å². The molecular formula is C18H29NOSi. The van der Waals surface area contributed by atoms with Crippen molar-refractivity contribution >= 4 is 8.32 Å². The molecule has 1 aromatic rings. The zero-order chi connectivity index (χ0) is 15.3. The Hall–Kier alpha value is -0.673. The highest BCUT2D eigenvalue weighted by molar-refractivity contribution is 6.74. The lowest BCUT2D eigenvalue weighted by Gasteiger charge is -2.36. The topological polar surface area (TPSA) is 22.1 Å². The Morgan fingerprint density at radius 3 is 2.71 bits per heavy atom. The first-order chi connectivity index (χ1) is 9.78. The fraction of sp³-hybridized carbons (Fsp3) is 0.722. The molecule has 1 heterocycles. The number of fused-ring (bicyclic) bond motifs is 1. The summed E-state index contributed by atoms with van der Waals surface area (Å²) in [5, 5.41) is 0.309. The maximum atomic E-state index is 6.37. The SMILES string of the molecule is CC(C)(C)[Si](C)(C)OCC1CC1c1ccc2c(n1)CCC2. The summed E-state index contributed by atoms with van der Waals surface area (Å²) in [5.74, 6) is 1.35. The molecule has 2 aliphatic carbocycles. The Bertz CT molecular complexity index is 533. The van der Waals surface area contributed by atoms with Gasteiger partial charge in [0.15, 0.2) is 8.32 Å². The van der Waals surface area contributed by atoms with Gasteiger partial charge in [-0.2, -0.15) is 0 Å². The van der Waals surface area contributed by atoms with E-state index in [0.717, 1.165) is 6.61 Å². The Kier molecular flexibility index (Phi) is 3.77. The summed E-state index contributed by atoms with van der Waals surface area (Å²) in [6, 6.07) is 4.58. The van der Waals surface area contributed by atoms with Crippen LogP contribution in [0.25, 0.3) is 0 Å². The number of rotatable bonds is 4. The highest BCUT2D eigenvalue weighted by Gasteiger charge is 2.43. The van der Waals surface area contributed by atoms with Gasteiger partial charge in [0.2, 0.25) is 0 Å². The van der Waals surface area contributed by atoms with Gasteiger partial charge in [-0.05, 0) is 61.4 Å². The molecule has 0 saturated heterocycles. The summed E-state index contributed by atoms with van der Waals surface area (Å²) in [4.78, 5) is 4.91. The molecule has 3 rings (SSSR count). The summed E-state index contributed by atoms with van der Waals surface area (Å²) < 4.78 is 6.37. The molecule has 1 fully saturated rings. The Morgan fingerprint density at radius 2 is 2.00 bits per heavy atom. The molecule has 2 nitrogen and oxygen atoms in total. The van der Waals surface area contributed by atoms with Crippen LogP contribution in [0.3, 0.4) is 0 Å². The molecule has 0 N–H and O–H groups in total. The van der Waals surface area contributed by atoms with Crippen molar-refractivity contribution in [1.29, 1.82) is 0 Å². The van der Waals surface area contributed by atoms with Crippen LogP contribution in [0.4, 0.5) is 0 Å². The number of hydrogen-bond acceptors (Lipinski definition) is 2. The summed E-state index contributed by atoms with van der Waals surface area (Å²) in [5.41, 5.74) is 4.16. The molecule has 3 heteroatoms.